The van der Waals surface area contributed by atoms with E-state index < -0.39 is 0 Å². The topological polar surface area (TPSA) is 9.23 Å². The van der Waals surface area contributed by atoms with Crippen molar-refractivity contribution in [3.8, 4) is 5.75 Å². The van der Waals surface area contributed by atoms with Gasteiger partial charge in [0, 0.05) is 0 Å². The molecule has 1 saturated carbocycles. The molecule has 24 heavy (non-hydrogen) atoms. The van der Waals surface area contributed by atoms with E-state index in [1.54, 1.807) is 0 Å². The standard InChI is InChI=1S/C23H30O/c1-23(2,3)22-12-8-7-11-21(22)19-13-15-20(16-14-19)24-17-18-9-5-4-6-10-18/h4-6,9-10,13-16,21-22H,7-8,11-12,17H2,1-3H3. The average molecular weight is 322 g/mol. The summed E-state index contributed by atoms with van der Waals surface area (Å²) in [7, 11) is 0. The lowest BCUT2D eigenvalue weighted by Crippen LogP contribution is -2.29. The highest BCUT2D eigenvalue weighted by molar-refractivity contribution is 5.31. The van der Waals surface area contributed by atoms with Gasteiger partial charge in [0.25, 0.3) is 0 Å². The molecule has 0 aliphatic heterocycles. The maximum Gasteiger partial charge on any atom is 0.119 e. The van der Waals surface area contributed by atoms with Crippen LogP contribution in [0.2, 0.25) is 0 Å². The first-order chi connectivity index (χ1) is 11.5. The van der Waals surface area contributed by atoms with Crippen LogP contribution in [0.25, 0.3) is 0 Å². The van der Waals surface area contributed by atoms with E-state index in [1.165, 1.54) is 36.8 Å². The Kier molecular flexibility index (Phi) is 5.28. The van der Waals surface area contributed by atoms with Crippen LogP contribution in [0.5, 0.6) is 5.75 Å². The third-order valence-corrected chi connectivity index (χ3v) is 5.43. The Bertz CT molecular complexity index is 621. The third kappa shape index (κ3) is 4.20. The van der Waals surface area contributed by atoms with Gasteiger partial charge in [-0.3, -0.25) is 0 Å². The van der Waals surface area contributed by atoms with Crippen LogP contribution in [0, 0.1) is 11.3 Å². The lowest BCUT2D eigenvalue weighted by atomic mass is 9.64. The minimum atomic E-state index is 0.383. The minimum Gasteiger partial charge on any atom is -0.489 e. The van der Waals surface area contributed by atoms with Gasteiger partial charge in [0.2, 0.25) is 0 Å². The molecule has 2 aromatic carbocycles. The predicted octanol–water partition coefficient (Wildman–Crippen LogP) is 6.59. The van der Waals surface area contributed by atoms with Gasteiger partial charge in [-0.05, 0) is 53.4 Å². The van der Waals surface area contributed by atoms with Crippen molar-refractivity contribution in [2.75, 3.05) is 0 Å². The van der Waals surface area contributed by atoms with Crippen molar-refractivity contribution >= 4 is 0 Å². The van der Waals surface area contributed by atoms with E-state index in [-0.39, 0.29) is 0 Å². The second kappa shape index (κ2) is 7.42. The van der Waals surface area contributed by atoms with Crippen LogP contribution in [0.3, 0.4) is 0 Å². The van der Waals surface area contributed by atoms with Gasteiger partial charge in [0.05, 0.1) is 0 Å². The Morgan fingerprint density at radius 3 is 2.21 bits per heavy atom. The van der Waals surface area contributed by atoms with Gasteiger partial charge in [0.15, 0.2) is 0 Å². The van der Waals surface area contributed by atoms with E-state index in [0.717, 1.165) is 11.7 Å². The van der Waals surface area contributed by atoms with Gasteiger partial charge in [0.1, 0.15) is 12.4 Å². The van der Waals surface area contributed by atoms with Gasteiger partial charge in [-0.25, -0.2) is 0 Å². The second-order valence-corrected chi connectivity index (χ2v) is 8.21. The molecule has 1 fully saturated rings. The van der Waals surface area contributed by atoms with Crippen molar-refractivity contribution in [1.29, 1.82) is 0 Å². The molecule has 1 aliphatic rings. The molecule has 0 amide bonds. The van der Waals surface area contributed by atoms with Crippen molar-refractivity contribution < 1.29 is 4.74 Å². The quantitative estimate of drug-likeness (QED) is 0.617. The highest BCUT2D eigenvalue weighted by Gasteiger charge is 2.34. The Morgan fingerprint density at radius 2 is 1.54 bits per heavy atom. The maximum atomic E-state index is 5.93. The van der Waals surface area contributed by atoms with E-state index in [1.807, 2.05) is 6.07 Å². The van der Waals surface area contributed by atoms with Crippen molar-refractivity contribution in [2.24, 2.45) is 11.3 Å². The summed E-state index contributed by atoms with van der Waals surface area (Å²) in [6, 6.07) is 19.2. The van der Waals surface area contributed by atoms with Crippen LogP contribution < -0.4 is 4.74 Å². The Balaban J connectivity index is 1.67. The molecule has 0 spiro atoms. The van der Waals surface area contributed by atoms with Crippen LogP contribution >= 0.6 is 0 Å². The van der Waals surface area contributed by atoms with Gasteiger partial charge >= 0.3 is 0 Å². The average Bonchev–Trinajstić information content (AvgIpc) is 2.61. The fraction of sp³-hybridized carbons (Fsp3) is 0.478. The lowest BCUT2D eigenvalue weighted by molar-refractivity contribution is 0.151. The number of hydrogen-bond acceptors (Lipinski definition) is 1. The van der Waals surface area contributed by atoms with Crippen LogP contribution in [0.15, 0.2) is 54.6 Å². The highest BCUT2D eigenvalue weighted by atomic mass is 16.5. The van der Waals surface area contributed by atoms with Crippen LogP contribution in [0.1, 0.15) is 63.5 Å². The van der Waals surface area contributed by atoms with Gasteiger partial charge in [-0.2, -0.15) is 0 Å². The minimum absolute atomic E-state index is 0.383. The largest absolute Gasteiger partial charge is 0.489 e. The Hall–Kier alpha value is -1.76. The zero-order valence-corrected chi connectivity index (χ0v) is 15.3. The fourth-order valence-corrected chi connectivity index (χ4v) is 4.12. The maximum absolute atomic E-state index is 5.93. The van der Waals surface area contributed by atoms with Gasteiger partial charge in [-0.1, -0.05) is 76.1 Å². The normalized spacial score (nSPS) is 21.5. The smallest absolute Gasteiger partial charge is 0.119 e. The second-order valence-electron chi connectivity index (χ2n) is 8.21. The van der Waals surface area contributed by atoms with Crippen LogP contribution in [-0.2, 0) is 6.61 Å². The first-order valence-electron chi connectivity index (χ1n) is 9.31. The van der Waals surface area contributed by atoms with E-state index in [2.05, 4.69) is 69.3 Å². The zero-order chi connectivity index (χ0) is 17.0. The van der Waals surface area contributed by atoms with E-state index >= 15 is 0 Å². The molecule has 0 bridgehead atoms. The summed E-state index contributed by atoms with van der Waals surface area (Å²) in [6.45, 7) is 7.82. The van der Waals surface area contributed by atoms with E-state index in [9.17, 15) is 0 Å². The monoisotopic (exact) mass is 322 g/mol. The number of benzene rings is 2. The number of rotatable bonds is 4. The summed E-state index contributed by atoms with van der Waals surface area (Å²) in [5.41, 5.74) is 3.08. The van der Waals surface area contributed by atoms with Gasteiger partial charge in [-0.15, -0.1) is 0 Å². The van der Waals surface area contributed by atoms with Crippen molar-refractivity contribution in [1.82, 2.24) is 0 Å². The molecule has 0 N–H and O–H groups in total. The van der Waals surface area contributed by atoms with Crippen molar-refractivity contribution in [3.05, 3.63) is 65.7 Å². The van der Waals surface area contributed by atoms with E-state index in [0.29, 0.717) is 17.9 Å². The third-order valence-electron chi connectivity index (χ3n) is 5.43. The van der Waals surface area contributed by atoms with Crippen molar-refractivity contribution in [2.45, 2.75) is 59.0 Å². The van der Waals surface area contributed by atoms with Crippen molar-refractivity contribution in [3.63, 3.8) is 0 Å². The van der Waals surface area contributed by atoms with Gasteiger partial charge < -0.3 is 4.74 Å². The molecule has 0 radical (unpaired) electrons. The fourth-order valence-electron chi connectivity index (χ4n) is 4.12. The Labute approximate surface area is 147 Å². The SMILES string of the molecule is CC(C)(C)C1CCCCC1c1ccc(OCc2ccccc2)cc1. The molecule has 3 rings (SSSR count). The molecule has 0 heterocycles. The zero-order valence-electron chi connectivity index (χ0n) is 15.3. The van der Waals surface area contributed by atoms with Crippen LogP contribution in [0.4, 0.5) is 0 Å². The summed E-state index contributed by atoms with van der Waals surface area (Å²) in [5.74, 6) is 2.44. The molecule has 2 atom stereocenters. The number of hydrogen-bond donors (Lipinski definition) is 0. The number of ether oxygens (including phenoxy) is 1. The molecule has 1 aliphatic carbocycles. The molecule has 2 aromatic rings. The molecule has 2 unspecified atom stereocenters. The summed E-state index contributed by atoms with van der Waals surface area (Å²) in [5, 5.41) is 0. The Morgan fingerprint density at radius 1 is 0.875 bits per heavy atom. The molecular weight excluding hydrogens is 292 g/mol. The molecule has 1 heteroatoms. The predicted molar refractivity (Wildman–Crippen MR) is 101 cm³/mol. The summed E-state index contributed by atoms with van der Waals surface area (Å²) < 4.78 is 5.93. The summed E-state index contributed by atoms with van der Waals surface area (Å²) >= 11 is 0. The molecule has 0 aromatic heterocycles. The first kappa shape index (κ1) is 17.1. The highest BCUT2D eigenvalue weighted by Crippen LogP contribution is 2.46. The molecule has 0 saturated heterocycles. The molecule has 1 nitrogen and oxygen atoms in total. The lowest BCUT2D eigenvalue weighted by Gasteiger charge is -2.41. The first-order valence-corrected chi connectivity index (χ1v) is 9.31. The molecular formula is C23H30O. The summed E-state index contributed by atoms with van der Waals surface area (Å²) in [6.07, 6.45) is 5.44. The molecule has 128 valence electrons. The van der Waals surface area contributed by atoms with E-state index in [4.69, 9.17) is 4.74 Å². The summed E-state index contributed by atoms with van der Waals surface area (Å²) in [4.78, 5) is 0. The van der Waals surface area contributed by atoms with Crippen LogP contribution in [-0.4, -0.2) is 0 Å².